The normalized spacial score (nSPS) is 9.69. The number of hydrogen-bond donors (Lipinski definition) is 1. The molecule has 16 heavy (non-hydrogen) atoms. The molecule has 7 heteroatoms. The molecule has 0 aromatic carbocycles. The molecule has 0 saturated carbocycles. The molecule has 2 aromatic rings. The second-order valence-electron chi connectivity index (χ2n) is 2.48. The van der Waals surface area contributed by atoms with Crippen LogP contribution < -0.4 is 0 Å². The van der Waals surface area contributed by atoms with Crippen LogP contribution in [0.1, 0.15) is 5.69 Å². The van der Waals surface area contributed by atoms with Gasteiger partial charge < -0.3 is 0 Å². The van der Waals surface area contributed by atoms with Crippen molar-refractivity contribution in [2.45, 2.75) is 6.18 Å². The molecule has 2 aromatic heterocycles. The summed E-state index contributed by atoms with van der Waals surface area (Å²) >= 11 is 0. The summed E-state index contributed by atoms with van der Waals surface area (Å²) in [7, 11) is 0. The van der Waals surface area contributed by atoms with E-state index in [0.717, 1.165) is 12.3 Å². The van der Waals surface area contributed by atoms with Gasteiger partial charge in [0.15, 0.2) is 0 Å². The molecule has 0 aliphatic carbocycles. The van der Waals surface area contributed by atoms with Crippen LogP contribution in [0.3, 0.4) is 0 Å². The van der Waals surface area contributed by atoms with Crippen molar-refractivity contribution in [3.05, 3.63) is 48.5 Å². The average molecular weight is 279 g/mol. The predicted molar refractivity (Wildman–Crippen MR) is 47.8 cm³/mol. The molecule has 2 rings (SSSR count). The molecular formula is C9H8CuF3N3. The van der Waals surface area contributed by atoms with Crippen molar-refractivity contribution >= 4 is 0 Å². The number of hydrogen-bond acceptors (Lipinski definition) is 2. The summed E-state index contributed by atoms with van der Waals surface area (Å²) in [4.78, 5) is 3.12. The number of aromatic nitrogens is 3. The van der Waals surface area contributed by atoms with Crippen LogP contribution in [0.25, 0.3) is 0 Å². The summed E-state index contributed by atoms with van der Waals surface area (Å²) in [5.74, 6) is 0. The Morgan fingerprint density at radius 3 is 2.06 bits per heavy atom. The zero-order valence-electron chi connectivity index (χ0n) is 7.87. The van der Waals surface area contributed by atoms with Crippen molar-refractivity contribution in [2.75, 3.05) is 0 Å². The molecule has 0 aliphatic rings. The number of pyridine rings is 1. The van der Waals surface area contributed by atoms with E-state index in [2.05, 4.69) is 15.2 Å². The van der Waals surface area contributed by atoms with E-state index in [9.17, 15) is 13.2 Å². The van der Waals surface area contributed by atoms with Crippen LogP contribution in [0, 0.1) is 0 Å². The summed E-state index contributed by atoms with van der Waals surface area (Å²) in [5, 5.41) is 6.21. The fraction of sp³-hybridized carbons (Fsp3) is 0.111. The van der Waals surface area contributed by atoms with Crippen LogP contribution in [0.4, 0.5) is 13.2 Å². The maximum atomic E-state index is 11.7. The Labute approximate surface area is 101 Å². The van der Waals surface area contributed by atoms with Gasteiger partial charge in [0.25, 0.3) is 0 Å². The van der Waals surface area contributed by atoms with Gasteiger partial charge in [-0.05, 0) is 18.2 Å². The van der Waals surface area contributed by atoms with Crippen LogP contribution in [-0.4, -0.2) is 15.2 Å². The summed E-state index contributed by atoms with van der Waals surface area (Å²) in [6.45, 7) is 0. The van der Waals surface area contributed by atoms with Crippen molar-refractivity contribution in [3.63, 3.8) is 0 Å². The van der Waals surface area contributed by atoms with Crippen molar-refractivity contribution in [2.24, 2.45) is 0 Å². The number of aromatic amines is 1. The van der Waals surface area contributed by atoms with Crippen LogP contribution in [0.2, 0.25) is 0 Å². The Morgan fingerprint density at radius 2 is 1.81 bits per heavy atom. The van der Waals surface area contributed by atoms with Crippen LogP contribution in [-0.2, 0) is 23.2 Å². The summed E-state index contributed by atoms with van der Waals surface area (Å²) in [6, 6.07) is 5.51. The van der Waals surface area contributed by atoms with Crippen molar-refractivity contribution < 1.29 is 30.2 Å². The Kier molecular flexibility index (Phi) is 6.44. The van der Waals surface area contributed by atoms with Crippen LogP contribution >= 0.6 is 0 Å². The average Bonchev–Trinajstić information content (AvgIpc) is 2.76. The van der Waals surface area contributed by atoms with E-state index in [1.54, 1.807) is 12.4 Å². The van der Waals surface area contributed by atoms with E-state index in [0.29, 0.717) is 0 Å². The first kappa shape index (κ1) is 14.7. The number of nitrogens with one attached hydrogen (secondary N) is 1. The standard InChI is InChI=1S/C6H4F3N.C3H4N2.Cu/c7-6(8,9)5-3-1-2-4-10-5;1-2-4-5-3-1;/h1-4H;1-3H,(H,4,5);. The second-order valence-corrected chi connectivity index (χ2v) is 2.48. The molecule has 0 amide bonds. The van der Waals surface area contributed by atoms with Gasteiger partial charge >= 0.3 is 6.18 Å². The van der Waals surface area contributed by atoms with Gasteiger partial charge in [-0.2, -0.15) is 18.3 Å². The summed E-state index contributed by atoms with van der Waals surface area (Å²) < 4.78 is 35.2. The molecule has 0 unspecified atom stereocenters. The molecule has 2 heterocycles. The minimum Gasteiger partial charge on any atom is -0.286 e. The topological polar surface area (TPSA) is 41.6 Å². The smallest absolute Gasteiger partial charge is 0.286 e. The van der Waals surface area contributed by atoms with E-state index >= 15 is 0 Å². The van der Waals surface area contributed by atoms with Gasteiger partial charge in [0.2, 0.25) is 0 Å². The Bertz CT molecular complexity index is 344. The third-order valence-corrected chi connectivity index (χ3v) is 1.36. The van der Waals surface area contributed by atoms with Gasteiger partial charge in [-0.1, -0.05) is 6.07 Å². The van der Waals surface area contributed by atoms with Gasteiger partial charge in [0, 0.05) is 35.7 Å². The van der Waals surface area contributed by atoms with E-state index in [-0.39, 0.29) is 17.1 Å². The predicted octanol–water partition coefficient (Wildman–Crippen LogP) is 2.51. The number of rotatable bonds is 0. The molecule has 0 atom stereocenters. The Morgan fingerprint density at radius 1 is 1.06 bits per heavy atom. The first-order valence-electron chi connectivity index (χ1n) is 4.02. The Balaban J connectivity index is 0.000000318. The fourth-order valence-corrected chi connectivity index (χ4v) is 0.746. The molecule has 0 fully saturated rings. The van der Waals surface area contributed by atoms with E-state index in [1.807, 2.05) is 6.07 Å². The van der Waals surface area contributed by atoms with Crippen molar-refractivity contribution in [1.82, 2.24) is 15.2 Å². The van der Waals surface area contributed by atoms with Gasteiger partial charge in [-0.25, -0.2) is 0 Å². The maximum absolute atomic E-state index is 11.7. The largest absolute Gasteiger partial charge is 0.433 e. The summed E-state index contributed by atoms with van der Waals surface area (Å²) in [5.41, 5.74) is -0.852. The van der Waals surface area contributed by atoms with Crippen LogP contribution in [0.15, 0.2) is 42.9 Å². The zero-order valence-corrected chi connectivity index (χ0v) is 8.81. The van der Waals surface area contributed by atoms with E-state index in [4.69, 9.17) is 0 Å². The molecule has 0 saturated heterocycles. The number of nitrogens with zero attached hydrogens (tertiary/aromatic N) is 2. The molecule has 3 nitrogen and oxygen atoms in total. The second kappa shape index (κ2) is 7.03. The molecule has 0 spiro atoms. The van der Waals surface area contributed by atoms with Gasteiger partial charge in [0.05, 0.1) is 0 Å². The van der Waals surface area contributed by atoms with Crippen molar-refractivity contribution in [1.29, 1.82) is 0 Å². The number of halogens is 3. The first-order chi connectivity index (χ1) is 7.11. The first-order valence-corrected chi connectivity index (χ1v) is 4.02. The van der Waals surface area contributed by atoms with Gasteiger partial charge in [0.1, 0.15) is 5.69 Å². The van der Waals surface area contributed by atoms with Crippen molar-refractivity contribution in [3.8, 4) is 0 Å². The minimum absolute atomic E-state index is 0. The Hall–Kier alpha value is -1.33. The van der Waals surface area contributed by atoms with Gasteiger partial charge in [-0.3, -0.25) is 10.1 Å². The van der Waals surface area contributed by atoms with Gasteiger partial charge in [-0.15, -0.1) is 0 Å². The zero-order chi connectivity index (χ0) is 11.1. The number of alkyl halides is 3. The molecule has 91 valence electrons. The summed E-state index contributed by atoms with van der Waals surface area (Å²) in [6.07, 6.45) is 0.254. The molecule has 0 aliphatic heterocycles. The van der Waals surface area contributed by atoms with Crippen LogP contribution in [0.5, 0.6) is 0 Å². The number of H-pyrrole nitrogens is 1. The quantitative estimate of drug-likeness (QED) is 0.753. The molecular weight excluding hydrogens is 271 g/mol. The molecule has 0 bridgehead atoms. The molecule has 1 radical (unpaired) electrons. The molecule has 1 N–H and O–H groups in total. The third kappa shape index (κ3) is 5.53. The van der Waals surface area contributed by atoms with E-state index < -0.39 is 11.9 Å². The van der Waals surface area contributed by atoms with E-state index in [1.165, 1.54) is 12.1 Å². The SMILES string of the molecule is FC(F)(F)c1ccccn1.[Cu].c1cn[nH]c1. The third-order valence-electron chi connectivity index (χ3n) is 1.36. The monoisotopic (exact) mass is 278 g/mol. The fourth-order valence-electron chi connectivity index (χ4n) is 0.746. The maximum Gasteiger partial charge on any atom is 0.433 e. The minimum atomic E-state index is -4.32.